The van der Waals surface area contributed by atoms with Crippen LogP contribution in [0.5, 0.6) is 0 Å². The summed E-state index contributed by atoms with van der Waals surface area (Å²) in [6.07, 6.45) is 0. The summed E-state index contributed by atoms with van der Waals surface area (Å²) in [6, 6.07) is 20.6. The maximum absolute atomic E-state index is 13.9. The molecule has 0 unspecified atom stereocenters. The summed E-state index contributed by atoms with van der Waals surface area (Å²) in [4.78, 5) is 20.7. The normalized spacial score (nSPS) is 20.6. The van der Waals surface area contributed by atoms with Crippen molar-refractivity contribution in [1.82, 2.24) is 4.58 Å². The molecule has 3 aliphatic rings. The topological polar surface area (TPSA) is 50.0 Å². The highest BCUT2D eigenvalue weighted by molar-refractivity contribution is 6.53. The monoisotopic (exact) mass is 531 g/mol. The summed E-state index contributed by atoms with van der Waals surface area (Å²) in [5, 5.41) is 17.6. The number of aliphatic hydroxyl groups is 1. The minimum Gasteiger partial charge on any atom is -0.506 e. The van der Waals surface area contributed by atoms with Gasteiger partial charge in [-0.3, -0.25) is 4.79 Å². The van der Waals surface area contributed by atoms with E-state index < -0.39 is 0 Å². The Labute approximate surface area is 234 Å². The average molecular weight is 532 g/mol. The van der Waals surface area contributed by atoms with Crippen LogP contribution in [0.1, 0.15) is 33.3 Å². The molecule has 0 saturated heterocycles. The zero-order valence-corrected chi connectivity index (χ0v) is 24.4. The van der Waals surface area contributed by atoms with Crippen LogP contribution in [0.25, 0.3) is 32.7 Å². The summed E-state index contributed by atoms with van der Waals surface area (Å²) in [6.45, 7) is 8.79. The predicted octanol–water partition coefficient (Wildman–Crippen LogP) is 4.62. The molecule has 0 atom stereocenters. The van der Waals surface area contributed by atoms with Crippen LogP contribution in [0.15, 0.2) is 66.4 Å². The molecule has 2 aliphatic heterocycles. The van der Waals surface area contributed by atoms with Crippen molar-refractivity contribution in [2.24, 2.45) is 0 Å². The highest BCUT2D eigenvalue weighted by atomic mass is 16.3. The van der Waals surface area contributed by atoms with Gasteiger partial charge in [-0.15, -0.1) is 0 Å². The van der Waals surface area contributed by atoms with Crippen LogP contribution in [0.4, 0.5) is 17.1 Å². The van der Waals surface area contributed by atoms with Crippen molar-refractivity contribution >= 4 is 55.5 Å². The molecule has 4 aromatic rings. The molecule has 1 aliphatic carbocycles. The molecule has 0 fully saturated rings. The van der Waals surface area contributed by atoms with Gasteiger partial charge >= 0.3 is 0 Å². The fourth-order valence-electron chi connectivity index (χ4n) is 6.82. The third-order valence-electron chi connectivity index (χ3n) is 10.2. The van der Waals surface area contributed by atoms with E-state index in [0.717, 1.165) is 54.7 Å². The second-order valence-electron chi connectivity index (χ2n) is 12.3. The molecule has 0 aromatic heterocycles. The number of ketones is 1. The third kappa shape index (κ3) is 2.78. The first-order valence-corrected chi connectivity index (χ1v) is 13.8. The molecule has 4 aromatic carbocycles. The van der Waals surface area contributed by atoms with Crippen molar-refractivity contribution in [1.29, 1.82) is 0 Å². The first-order chi connectivity index (χ1) is 18.9. The van der Waals surface area contributed by atoms with Gasteiger partial charge in [-0.2, -0.15) is 0 Å². The smallest absolute Gasteiger partial charge is 0.232 e. The molecule has 40 heavy (non-hydrogen) atoms. The summed E-state index contributed by atoms with van der Waals surface area (Å²) >= 11 is 0. The third-order valence-corrected chi connectivity index (χ3v) is 10.2. The number of nitrogens with zero attached hydrogens (tertiary/aromatic N) is 4. The lowest BCUT2D eigenvalue weighted by atomic mass is 9.79. The number of allylic oxidation sites excluding steroid dienone is 2. The molecule has 0 radical (unpaired) electrons. The molecule has 0 saturated carbocycles. The zero-order chi connectivity index (χ0) is 28.5. The maximum Gasteiger partial charge on any atom is 0.232 e. The van der Waals surface area contributed by atoms with Gasteiger partial charge in [-0.1, -0.05) is 30.3 Å². The molecule has 0 amide bonds. The number of Topliss-reactive ketones (excluding diaryl/α,β-unsaturated/α-hetero) is 1. The standard InChI is InChI=1S/C34H34N4O2/c1-33(2)35(5)23-13-9-11-19-21(15-17-25(27(19)23)37(33)7)29-31(39)30(32(29)40)22-16-18-26-28-20(22)12-10-14-24(28)36(6)34(3,4)38(26)8/h9-18H,1-8H3/p+1. The van der Waals surface area contributed by atoms with Gasteiger partial charge in [0.15, 0.2) is 0 Å². The van der Waals surface area contributed by atoms with Crippen molar-refractivity contribution in [2.45, 2.75) is 39.0 Å². The number of aliphatic hydroxyl groups excluding tert-OH is 1. The first kappa shape index (κ1) is 24.7. The molecular formula is C34H35N4O2+. The lowest BCUT2D eigenvalue weighted by molar-refractivity contribution is -0.109. The van der Waals surface area contributed by atoms with Crippen LogP contribution in [-0.4, -0.2) is 50.4 Å². The number of anilines is 3. The van der Waals surface area contributed by atoms with Crippen LogP contribution in [0, 0.1) is 0 Å². The van der Waals surface area contributed by atoms with E-state index in [1.54, 1.807) is 0 Å². The van der Waals surface area contributed by atoms with Gasteiger partial charge in [0.2, 0.25) is 16.8 Å². The van der Waals surface area contributed by atoms with E-state index >= 15 is 0 Å². The van der Waals surface area contributed by atoms with Crippen LogP contribution in [0.2, 0.25) is 0 Å². The summed E-state index contributed by atoms with van der Waals surface area (Å²) in [5.74, 6) is -0.0447. The molecule has 6 heteroatoms. The number of hydrogen-bond donors (Lipinski definition) is 1. The summed E-state index contributed by atoms with van der Waals surface area (Å²) < 4.78 is 2.27. The number of hydrogen-bond acceptors (Lipinski definition) is 5. The Morgan fingerprint density at radius 3 is 1.95 bits per heavy atom. The largest absolute Gasteiger partial charge is 0.506 e. The Kier molecular flexibility index (Phi) is 4.73. The second kappa shape index (κ2) is 7.66. The predicted molar refractivity (Wildman–Crippen MR) is 166 cm³/mol. The van der Waals surface area contributed by atoms with Gasteiger partial charge in [-0.05, 0) is 59.7 Å². The van der Waals surface area contributed by atoms with Gasteiger partial charge in [0.25, 0.3) is 0 Å². The Hall–Kier alpha value is -4.32. The Balaban J connectivity index is 1.50. The van der Waals surface area contributed by atoms with Crippen LogP contribution >= 0.6 is 0 Å². The molecule has 1 N–H and O–H groups in total. The highest BCUT2D eigenvalue weighted by Crippen LogP contribution is 2.48. The quantitative estimate of drug-likeness (QED) is 0.363. The van der Waals surface area contributed by atoms with Gasteiger partial charge in [0.1, 0.15) is 18.5 Å². The van der Waals surface area contributed by atoms with Crippen molar-refractivity contribution < 1.29 is 9.90 Å². The van der Waals surface area contributed by atoms with E-state index in [-0.39, 0.29) is 22.9 Å². The van der Waals surface area contributed by atoms with E-state index in [2.05, 4.69) is 112 Å². The van der Waals surface area contributed by atoms with E-state index in [9.17, 15) is 9.90 Å². The summed E-state index contributed by atoms with van der Waals surface area (Å²) in [7, 11) is 8.41. The number of carbonyl (C=O) groups excluding carboxylic acids is 1. The zero-order valence-electron chi connectivity index (χ0n) is 24.4. The average Bonchev–Trinajstić information content (AvgIpc) is 2.94. The van der Waals surface area contributed by atoms with Crippen LogP contribution < -0.4 is 29.9 Å². The van der Waals surface area contributed by atoms with Crippen LogP contribution in [0.3, 0.4) is 0 Å². The first-order valence-electron chi connectivity index (χ1n) is 13.8. The van der Waals surface area contributed by atoms with E-state index in [4.69, 9.17) is 0 Å². The van der Waals surface area contributed by atoms with Gasteiger partial charge in [0, 0.05) is 57.8 Å². The van der Waals surface area contributed by atoms with E-state index in [0.29, 0.717) is 11.1 Å². The molecule has 7 rings (SSSR count). The molecule has 202 valence electrons. The van der Waals surface area contributed by atoms with E-state index in [1.807, 2.05) is 24.3 Å². The minimum atomic E-state index is -0.205. The van der Waals surface area contributed by atoms with Crippen molar-refractivity contribution in [3.8, 4) is 0 Å². The minimum absolute atomic E-state index is 0.0714. The van der Waals surface area contributed by atoms with Crippen molar-refractivity contribution in [3.63, 3.8) is 0 Å². The van der Waals surface area contributed by atoms with Gasteiger partial charge in [0.05, 0.1) is 22.2 Å². The Morgan fingerprint density at radius 1 is 0.700 bits per heavy atom. The molecule has 2 heterocycles. The molecular weight excluding hydrogens is 496 g/mol. The second-order valence-corrected chi connectivity index (χ2v) is 12.3. The SMILES string of the molecule is CN1c2cccc3c(C4=C(O)/C(=c5/ccc6c7c(cccc57)N(C)C(C)(C)[N+]=6C)C4=O)ccc(c23)N(C)C1(C)C. The fraction of sp³-hybridized carbons (Fsp3) is 0.294. The van der Waals surface area contributed by atoms with Crippen molar-refractivity contribution in [2.75, 3.05) is 42.9 Å². The van der Waals surface area contributed by atoms with Crippen molar-refractivity contribution in [3.05, 3.63) is 82.6 Å². The summed E-state index contributed by atoms with van der Waals surface area (Å²) in [5.41, 5.74) is 4.51. The lowest BCUT2D eigenvalue weighted by Crippen LogP contribution is -2.58. The maximum atomic E-state index is 13.9. The van der Waals surface area contributed by atoms with Gasteiger partial charge in [-0.25, -0.2) is 4.58 Å². The Bertz CT molecular complexity index is 1980. The number of carbonyl (C=O) groups is 1. The molecule has 0 bridgehead atoms. The van der Waals surface area contributed by atoms with Crippen LogP contribution in [-0.2, 0) is 4.79 Å². The molecule has 6 nitrogen and oxygen atoms in total. The van der Waals surface area contributed by atoms with Gasteiger partial charge < -0.3 is 19.8 Å². The number of benzene rings is 4. The number of rotatable bonds is 1. The van der Waals surface area contributed by atoms with E-state index in [1.165, 1.54) is 0 Å². The fourth-order valence-corrected chi connectivity index (χ4v) is 6.82. The Morgan fingerprint density at radius 2 is 1.30 bits per heavy atom. The molecule has 0 spiro atoms. The lowest BCUT2D eigenvalue weighted by Gasteiger charge is -2.50. The highest BCUT2D eigenvalue weighted by Gasteiger charge is 2.41.